The normalized spacial score (nSPS) is 11.4. The van der Waals surface area contributed by atoms with Gasteiger partial charge in [0.2, 0.25) is 0 Å². The molecule has 1 N–H and O–H groups in total. The topological polar surface area (TPSA) is 55.4 Å². The number of amides is 1. The first-order valence-electron chi connectivity index (χ1n) is 8.46. The summed E-state index contributed by atoms with van der Waals surface area (Å²) >= 11 is 5.88. The van der Waals surface area contributed by atoms with Crippen LogP contribution in [0.25, 0.3) is 0 Å². The molecule has 0 unspecified atom stereocenters. The number of alkyl halides is 3. The number of anilines is 1. The van der Waals surface area contributed by atoms with Gasteiger partial charge in [-0.05, 0) is 43.2 Å². The number of halogens is 4. The molecule has 0 atom stereocenters. The minimum Gasteiger partial charge on any atom is -0.426 e. The maximum Gasteiger partial charge on any atom is 0.416 e. The van der Waals surface area contributed by atoms with Crippen molar-refractivity contribution in [1.82, 2.24) is 0 Å². The third-order valence-electron chi connectivity index (χ3n) is 3.72. The highest BCUT2D eigenvalue weighted by molar-refractivity contribution is 6.34. The number of hydrogen-bond donors (Lipinski definition) is 1. The van der Waals surface area contributed by atoms with Crippen LogP contribution in [0.3, 0.4) is 0 Å². The minimum absolute atomic E-state index is 0.0145. The van der Waals surface area contributed by atoms with Gasteiger partial charge in [-0.25, -0.2) is 0 Å². The molecule has 0 aliphatic heterocycles. The van der Waals surface area contributed by atoms with E-state index in [1.807, 2.05) is 13.8 Å². The van der Waals surface area contributed by atoms with Crippen LogP contribution in [0.2, 0.25) is 5.02 Å². The van der Waals surface area contributed by atoms with Crippen molar-refractivity contribution >= 4 is 29.2 Å². The lowest BCUT2D eigenvalue weighted by Crippen LogP contribution is -2.17. The fraction of sp³-hybridized carbons (Fsp3) is 0.300. The fourth-order valence-corrected chi connectivity index (χ4v) is 2.62. The Hall–Kier alpha value is -2.54. The first kappa shape index (κ1) is 21.8. The van der Waals surface area contributed by atoms with Crippen LogP contribution >= 0.6 is 11.6 Å². The second-order valence-electron chi connectivity index (χ2n) is 6.72. The quantitative estimate of drug-likeness (QED) is 0.492. The van der Waals surface area contributed by atoms with Gasteiger partial charge in [-0.15, -0.1) is 0 Å². The minimum atomic E-state index is -4.54. The molecule has 150 valence electrons. The van der Waals surface area contributed by atoms with E-state index in [0.29, 0.717) is 0 Å². The van der Waals surface area contributed by atoms with Crippen molar-refractivity contribution < 1.29 is 27.5 Å². The molecule has 2 rings (SSSR count). The number of nitrogens with one attached hydrogen (secondary N) is 1. The number of esters is 1. The van der Waals surface area contributed by atoms with Crippen LogP contribution in [0.5, 0.6) is 5.75 Å². The Balaban J connectivity index is 2.27. The maximum atomic E-state index is 12.7. The Morgan fingerprint density at radius 1 is 1.14 bits per heavy atom. The van der Waals surface area contributed by atoms with E-state index in [9.17, 15) is 22.8 Å². The Kier molecular flexibility index (Phi) is 6.72. The lowest BCUT2D eigenvalue weighted by Gasteiger charge is -2.14. The second-order valence-corrected chi connectivity index (χ2v) is 7.13. The lowest BCUT2D eigenvalue weighted by atomic mass is 10.1. The van der Waals surface area contributed by atoms with Crippen molar-refractivity contribution in [3.63, 3.8) is 0 Å². The van der Waals surface area contributed by atoms with Crippen LogP contribution in [0.1, 0.15) is 41.8 Å². The largest absolute Gasteiger partial charge is 0.426 e. The summed E-state index contributed by atoms with van der Waals surface area (Å²) < 4.78 is 43.5. The van der Waals surface area contributed by atoms with Crippen LogP contribution < -0.4 is 10.1 Å². The van der Waals surface area contributed by atoms with Gasteiger partial charge in [0.15, 0.2) is 0 Å². The summed E-state index contributed by atoms with van der Waals surface area (Å²) in [6.07, 6.45) is -4.36. The molecule has 2 aromatic carbocycles. The average molecular weight is 414 g/mol. The van der Waals surface area contributed by atoms with Gasteiger partial charge in [0.1, 0.15) is 5.75 Å². The molecule has 4 nitrogen and oxygen atoms in total. The van der Waals surface area contributed by atoms with Gasteiger partial charge in [0.05, 0.1) is 21.8 Å². The monoisotopic (exact) mass is 413 g/mol. The molecule has 28 heavy (non-hydrogen) atoms. The summed E-state index contributed by atoms with van der Waals surface area (Å²) in [6.45, 7) is 5.47. The van der Waals surface area contributed by atoms with Crippen molar-refractivity contribution in [2.45, 2.75) is 33.4 Å². The smallest absolute Gasteiger partial charge is 0.416 e. The van der Waals surface area contributed by atoms with E-state index in [1.54, 1.807) is 13.0 Å². The molecule has 2 aromatic rings. The first-order valence-corrected chi connectivity index (χ1v) is 8.84. The van der Waals surface area contributed by atoms with E-state index in [2.05, 4.69) is 5.32 Å². The van der Waals surface area contributed by atoms with Crippen LogP contribution in [-0.2, 0) is 11.0 Å². The average Bonchev–Trinajstić information content (AvgIpc) is 2.56. The van der Waals surface area contributed by atoms with Crippen molar-refractivity contribution in [2.75, 3.05) is 5.32 Å². The standard InChI is InChI=1S/C20H19ClF3NO3/c1-11(2)8-18(26)28-17-7-4-12(3)9-14(17)19(27)25-16-6-5-13(10-15(16)21)20(22,23)24/h4-7,9-11H,8H2,1-3H3,(H,25,27). The molecule has 0 heterocycles. The van der Waals surface area contributed by atoms with E-state index < -0.39 is 23.6 Å². The fourth-order valence-electron chi connectivity index (χ4n) is 2.39. The molecule has 0 spiro atoms. The van der Waals surface area contributed by atoms with Gasteiger partial charge in [-0.3, -0.25) is 9.59 Å². The number of carbonyl (C=O) groups is 2. The van der Waals surface area contributed by atoms with Gasteiger partial charge in [-0.2, -0.15) is 13.2 Å². The zero-order valence-corrected chi connectivity index (χ0v) is 16.2. The molecule has 8 heteroatoms. The van der Waals surface area contributed by atoms with Gasteiger partial charge in [0, 0.05) is 6.42 Å². The number of rotatable bonds is 5. The van der Waals surface area contributed by atoms with Crippen LogP contribution in [0, 0.1) is 12.8 Å². The summed E-state index contributed by atoms with van der Waals surface area (Å²) in [5, 5.41) is 2.20. The number of hydrogen-bond acceptors (Lipinski definition) is 3. The first-order chi connectivity index (χ1) is 13.0. The van der Waals surface area contributed by atoms with Crippen molar-refractivity contribution in [2.24, 2.45) is 5.92 Å². The molecule has 0 fully saturated rings. The molecule has 0 saturated carbocycles. The number of carbonyl (C=O) groups excluding carboxylic acids is 2. The third kappa shape index (κ3) is 5.73. The highest BCUT2D eigenvalue weighted by Crippen LogP contribution is 2.34. The van der Waals surface area contributed by atoms with Crippen molar-refractivity contribution in [3.05, 3.63) is 58.1 Å². The van der Waals surface area contributed by atoms with E-state index in [0.717, 1.165) is 23.8 Å². The van der Waals surface area contributed by atoms with Crippen LogP contribution in [0.15, 0.2) is 36.4 Å². The second kappa shape index (κ2) is 8.65. The van der Waals surface area contributed by atoms with Crippen LogP contribution in [0.4, 0.5) is 18.9 Å². The summed E-state index contributed by atoms with van der Waals surface area (Å²) in [5.41, 5.74) is -0.0876. The predicted molar refractivity (Wildman–Crippen MR) is 101 cm³/mol. The van der Waals surface area contributed by atoms with Gasteiger partial charge in [0.25, 0.3) is 5.91 Å². The van der Waals surface area contributed by atoms with Crippen molar-refractivity contribution in [3.8, 4) is 5.75 Å². The number of aryl methyl sites for hydroxylation is 1. The van der Waals surface area contributed by atoms with E-state index in [1.165, 1.54) is 12.1 Å². The van der Waals surface area contributed by atoms with E-state index in [-0.39, 0.29) is 34.4 Å². The molecule has 0 bridgehead atoms. The van der Waals surface area contributed by atoms with Gasteiger partial charge in [-0.1, -0.05) is 37.1 Å². The highest BCUT2D eigenvalue weighted by atomic mass is 35.5. The summed E-state index contributed by atoms with van der Waals surface area (Å²) in [4.78, 5) is 24.6. The number of benzene rings is 2. The molecule has 0 aliphatic carbocycles. The van der Waals surface area contributed by atoms with E-state index in [4.69, 9.17) is 16.3 Å². The Morgan fingerprint density at radius 3 is 2.39 bits per heavy atom. The Bertz CT molecular complexity index is 895. The Labute approximate surface area is 165 Å². The summed E-state index contributed by atoms with van der Waals surface area (Å²) in [7, 11) is 0. The number of ether oxygens (including phenoxy) is 1. The summed E-state index contributed by atoms with van der Waals surface area (Å²) in [6, 6.07) is 7.32. The SMILES string of the molecule is Cc1ccc(OC(=O)CC(C)C)c(C(=O)Nc2ccc(C(F)(F)F)cc2Cl)c1. The van der Waals surface area contributed by atoms with Crippen molar-refractivity contribution in [1.29, 1.82) is 0 Å². The molecule has 0 aromatic heterocycles. The zero-order valence-electron chi connectivity index (χ0n) is 15.5. The molecular weight excluding hydrogens is 395 g/mol. The molecule has 1 amide bonds. The Morgan fingerprint density at radius 2 is 1.82 bits per heavy atom. The van der Waals surface area contributed by atoms with Gasteiger partial charge >= 0.3 is 12.1 Å². The maximum absolute atomic E-state index is 12.7. The lowest BCUT2D eigenvalue weighted by molar-refractivity contribution is -0.137. The highest BCUT2D eigenvalue weighted by Gasteiger charge is 2.31. The zero-order chi connectivity index (χ0) is 21.1. The van der Waals surface area contributed by atoms with Gasteiger partial charge < -0.3 is 10.1 Å². The molecular formula is C20H19ClF3NO3. The third-order valence-corrected chi connectivity index (χ3v) is 4.04. The molecule has 0 saturated heterocycles. The predicted octanol–water partition coefficient (Wildman–Crippen LogP) is 5.87. The molecule has 0 aliphatic rings. The molecule has 0 radical (unpaired) electrons. The van der Waals surface area contributed by atoms with E-state index >= 15 is 0 Å². The van der Waals surface area contributed by atoms with Crippen LogP contribution in [-0.4, -0.2) is 11.9 Å². The summed E-state index contributed by atoms with van der Waals surface area (Å²) in [5.74, 6) is -0.990.